The maximum absolute atomic E-state index is 12.6. The molecule has 1 heterocycles. The molecule has 0 radical (unpaired) electrons. The SMILES string of the molecule is CCCCCCC(C)(C)c1ccc([C@H]2C[C@@H](O)CCN2S(C)(=O)=O)c(OCc2ccccc2)c1. The van der Waals surface area contributed by atoms with Crippen molar-refractivity contribution in [1.82, 2.24) is 4.31 Å². The lowest BCUT2D eigenvalue weighted by Gasteiger charge is -2.37. The van der Waals surface area contributed by atoms with Gasteiger partial charge in [-0.1, -0.05) is 88.9 Å². The van der Waals surface area contributed by atoms with Crippen LogP contribution >= 0.6 is 0 Å². The first-order chi connectivity index (χ1) is 16.1. The lowest BCUT2D eigenvalue weighted by Crippen LogP contribution is -2.42. The average molecular weight is 488 g/mol. The fraction of sp³-hybridized carbons (Fsp3) is 0.571. The average Bonchev–Trinajstić information content (AvgIpc) is 2.80. The van der Waals surface area contributed by atoms with E-state index in [0.29, 0.717) is 31.7 Å². The van der Waals surface area contributed by atoms with Gasteiger partial charge in [-0.05, 0) is 41.9 Å². The van der Waals surface area contributed by atoms with E-state index in [9.17, 15) is 13.5 Å². The van der Waals surface area contributed by atoms with Crippen molar-refractivity contribution in [2.45, 2.75) is 89.9 Å². The molecule has 1 aliphatic rings. The van der Waals surface area contributed by atoms with Gasteiger partial charge in [0.2, 0.25) is 10.0 Å². The molecule has 2 atom stereocenters. The minimum absolute atomic E-state index is 0.0142. The molecule has 0 saturated carbocycles. The normalized spacial score (nSPS) is 19.8. The summed E-state index contributed by atoms with van der Waals surface area (Å²) >= 11 is 0. The maximum Gasteiger partial charge on any atom is 0.211 e. The van der Waals surface area contributed by atoms with Crippen LogP contribution in [-0.2, 0) is 22.0 Å². The van der Waals surface area contributed by atoms with Gasteiger partial charge >= 0.3 is 0 Å². The van der Waals surface area contributed by atoms with Gasteiger partial charge < -0.3 is 9.84 Å². The highest BCUT2D eigenvalue weighted by atomic mass is 32.2. The van der Waals surface area contributed by atoms with E-state index in [-0.39, 0.29) is 5.41 Å². The van der Waals surface area contributed by atoms with E-state index >= 15 is 0 Å². The first-order valence-electron chi connectivity index (χ1n) is 12.6. The van der Waals surface area contributed by atoms with E-state index in [0.717, 1.165) is 17.5 Å². The second kappa shape index (κ2) is 11.7. The van der Waals surface area contributed by atoms with Crippen LogP contribution in [0.1, 0.15) is 88.4 Å². The fourth-order valence-corrected chi connectivity index (χ4v) is 5.93. The van der Waals surface area contributed by atoms with Crippen LogP contribution in [0.5, 0.6) is 5.75 Å². The molecule has 1 fully saturated rings. The van der Waals surface area contributed by atoms with E-state index in [1.54, 1.807) is 0 Å². The third-order valence-electron chi connectivity index (χ3n) is 7.00. The van der Waals surface area contributed by atoms with Crippen molar-refractivity contribution in [3.63, 3.8) is 0 Å². The topological polar surface area (TPSA) is 66.8 Å². The number of benzene rings is 2. The first-order valence-corrected chi connectivity index (χ1v) is 14.4. The monoisotopic (exact) mass is 487 g/mol. The molecule has 5 nitrogen and oxygen atoms in total. The molecule has 0 aliphatic carbocycles. The number of unbranched alkanes of at least 4 members (excludes halogenated alkanes) is 3. The molecule has 1 aliphatic heterocycles. The Morgan fingerprint density at radius 2 is 1.82 bits per heavy atom. The van der Waals surface area contributed by atoms with Crippen LogP contribution in [0.3, 0.4) is 0 Å². The van der Waals surface area contributed by atoms with Crippen LogP contribution in [0, 0.1) is 0 Å². The number of piperidine rings is 1. The minimum atomic E-state index is -3.42. The van der Waals surface area contributed by atoms with Crippen LogP contribution in [0.2, 0.25) is 0 Å². The zero-order valence-electron chi connectivity index (χ0n) is 21.2. The Morgan fingerprint density at radius 3 is 2.50 bits per heavy atom. The number of nitrogens with zero attached hydrogens (tertiary/aromatic N) is 1. The van der Waals surface area contributed by atoms with E-state index in [1.165, 1.54) is 41.8 Å². The number of hydrogen-bond donors (Lipinski definition) is 1. The molecule has 2 aromatic carbocycles. The van der Waals surface area contributed by atoms with Crippen LogP contribution < -0.4 is 4.74 Å². The van der Waals surface area contributed by atoms with E-state index in [2.05, 4.69) is 32.9 Å². The van der Waals surface area contributed by atoms with Crippen molar-refractivity contribution in [1.29, 1.82) is 0 Å². The quantitative estimate of drug-likeness (QED) is 0.397. The molecule has 0 amide bonds. The second-order valence-corrected chi connectivity index (χ2v) is 12.2. The maximum atomic E-state index is 12.6. The molecule has 0 unspecified atom stereocenters. The third kappa shape index (κ3) is 7.06. The molecule has 0 aromatic heterocycles. The second-order valence-electron chi connectivity index (χ2n) is 10.3. The highest BCUT2D eigenvalue weighted by Gasteiger charge is 2.36. The Hall–Kier alpha value is -1.89. The Bertz CT molecular complexity index is 1020. The van der Waals surface area contributed by atoms with E-state index in [1.807, 2.05) is 36.4 Å². The lowest BCUT2D eigenvalue weighted by atomic mass is 9.79. The van der Waals surface area contributed by atoms with E-state index < -0.39 is 22.2 Å². The van der Waals surface area contributed by atoms with Crippen molar-refractivity contribution in [2.24, 2.45) is 0 Å². The molecule has 1 saturated heterocycles. The van der Waals surface area contributed by atoms with Gasteiger partial charge in [0.05, 0.1) is 18.4 Å². The summed E-state index contributed by atoms with van der Waals surface area (Å²) in [5.41, 5.74) is 3.06. The highest BCUT2D eigenvalue weighted by Crippen LogP contribution is 2.41. The van der Waals surface area contributed by atoms with Gasteiger partial charge in [-0.25, -0.2) is 8.42 Å². The van der Waals surface area contributed by atoms with Crippen LogP contribution in [-0.4, -0.2) is 36.7 Å². The van der Waals surface area contributed by atoms with Crippen molar-refractivity contribution >= 4 is 10.0 Å². The summed E-state index contributed by atoms with van der Waals surface area (Å²) in [7, 11) is -3.42. The summed E-state index contributed by atoms with van der Waals surface area (Å²) in [5.74, 6) is 0.704. The van der Waals surface area contributed by atoms with Gasteiger partial charge in [0, 0.05) is 12.1 Å². The van der Waals surface area contributed by atoms with Crippen LogP contribution in [0.4, 0.5) is 0 Å². The number of aliphatic hydroxyl groups is 1. The summed E-state index contributed by atoms with van der Waals surface area (Å²) in [4.78, 5) is 0. The summed E-state index contributed by atoms with van der Waals surface area (Å²) < 4.78 is 33.0. The Balaban J connectivity index is 1.95. The van der Waals surface area contributed by atoms with Crippen molar-refractivity contribution in [3.8, 4) is 5.75 Å². The predicted molar refractivity (Wildman–Crippen MR) is 139 cm³/mol. The highest BCUT2D eigenvalue weighted by molar-refractivity contribution is 7.88. The molecule has 34 heavy (non-hydrogen) atoms. The molecular formula is C28H41NO4S. The smallest absolute Gasteiger partial charge is 0.211 e. The molecule has 0 bridgehead atoms. The Morgan fingerprint density at radius 1 is 1.09 bits per heavy atom. The number of hydrogen-bond acceptors (Lipinski definition) is 4. The number of ether oxygens (including phenoxy) is 1. The number of sulfonamides is 1. The standard InChI is InChI=1S/C28H41NO4S/c1-5-6-7-11-17-28(2,3)23-14-15-25(26-20-24(30)16-18-29(26)34(4,31)32)27(19-23)33-21-22-12-9-8-10-13-22/h8-10,12-15,19,24,26,30H,5-7,11,16-18,20-21H2,1-4H3/t24-,26+/m0/s1. The summed E-state index contributed by atoms with van der Waals surface area (Å²) in [6.45, 7) is 7.47. The predicted octanol–water partition coefficient (Wildman–Crippen LogP) is 5.97. The van der Waals surface area contributed by atoms with Crippen LogP contribution in [0.25, 0.3) is 0 Å². The largest absolute Gasteiger partial charge is 0.489 e. The summed E-state index contributed by atoms with van der Waals surface area (Å²) in [6, 6.07) is 15.8. The molecule has 1 N–H and O–H groups in total. The van der Waals surface area contributed by atoms with Gasteiger partial charge in [-0.15, -0.1) is 0 Å². The van der Waals surface area contributed by atoms with E-state index in [4.69, 9.17) is 4.74 Å². The molecule has 3 rings (SSSR count). The zero-order valence-corrected chi connectivity index (χ0v) is 22.0. The summed E-state index contributed by atoms with van der Waals surface area (Å²) in [5, 5.41) is 10.4. The van der Waals surface area contributed by atoms with Gasteiger partial charge in [0.15, 0.2) is 0 Å². The fourth-order valence-electron chi connectivity index (χ4n) is 4.83. The first kappa shape index (κ1) is 26.7. The molecule has 6 heteroatoms. The van der Waals surface area contributed by atoms with Gasteiger partial charge in [0.25, 0.3) is 0 Å². The molecular weight excluding hydrogens is 446 g/mol. The van der Waals surface area contributed by atoms with Gasteiger partial charge in [-0.3, -0.25) is 0 Å². The van der Waals surface area contributed by atoms with Crippen molar-refractivity contribution < 1.29 is 18.3 Å². The molecule has 188 valence electrons. The molecule has 0 spiro atoms. The lowest BCUT2D eigenvalue weighted by molar-refractivity contribution is 0.0799. The minimum Gasteiger partial charge on any atom is -0.489 e. The number of rotatable bonds is 11. The van der Waals surface area contributed by atoms with Crippen molar-refractivity contribution in [3.05, 3.63) is 65.2 Å². The Kier molecular flexibility index (Phi) is 9.19. The van der Waals surface area contributed by atoms with Gasteiger partial charge in [0.1, 0.15) is 12.4 Å². The van der Waals surface area contributed by atoms with Gasteiger partial charge in [-0.2, -0.15) is 4.31 Å². The van der Waals surface area contributed by atoms with Crippen molar-refractivity contribution in [2.75, 3.05) is 12.8 Å². The summed E-state index contributed by atoms with van der Waals surface area (Å²) in [6.07, 6.45) is 7.51. The third-order valence-corrected chi connectivity index (χ3v) is 8.29. The molecule has 2 aromatic rings. The number of aliphatic hydroxyl groups excluding tert-OH is 1. The van der Waals surface area contributed by atoms with Crippen LogP contribution in [0.15, 0.2) is 48.5 Å². The zero-order chi connectivity index (χ0) is 24.8. The Labute approximate surface area is 206 Å².